The van der Waals surface area contributed by atoms with Crippen LogP contribution >= 0.6 is 0 Å². The van der Waals surface area contributed by atoms with Crippen molar-refractivity contribution in [1.82, 2.24) is 0 Å². The third-order valence-corrected chi connectivity index (χ3v) is 5.00. The van der Waals surface area contributed by atoms with Gasteiger partial charge in [-0.05, 0) is 51.1 Å². The maximum absolute atomic E-state index is 10.9. The van der Waals surface area contributed by atoms with Gasteiger partial charge >= 0.3 is 13.1 Å². The molecule has 0 bridgehead atoms. The zero-order valence-electron chi connectivity index (χ0n) is 12.9. The first-order chi connectivity index (χ1) is 9.71. The van der Waals surface area contributed by atoms with Crippen LogP contribution in [-0.4, -0.2) is 29.4 Å². The second-order valence-electron chi connectivity index (χ2n) is 7.04. The molecule has 4 nitrogen and oxygen atoms in total. The molecule has 0 amide bonds. The van der Waals surface area contributed by atoms with Gasteiger partial charge in [0.1, 0.15) is 0 Å². The summed E-state index contributed by atoms with van der Waals surface area (Å²) in [6.45, 7) is 8.12. The van der Waals surface area contributed by atoms with E-state index in [4.69, 9.17) is 14.4 Å². The van der Waals surface area contributed by atoms with Crippen molar-refractivity contribution in [3.8, 4) is 0 Å². The van der Waals surface area contributed by atoms with E-state index < -0.39 is 5.97 Å². The van der Waals surface area contributed by atoms with Gasteiger partial charge in [-0.25, -0.2) is 0 Å². The van der Waals surface area contributed by atoms with E-state index in [-0.39, 0.29) is 30.2 Å². The van der Waals surface area contributed by atoms with Crippen molar-refractivity contribution < 1.29 is 19.2 Å². The lowest BCUT2D eigenvalue weighted by molar-refractivity contribution is -0.138. The summed E-state index contributed by atoms with van der Waals surface area (Å²) in [7, 11) is -0.362. The third-order valence-electron chi connectivity index (χ3n) is 5.00. The van der Waals surface area contributed by atoms with Gasteiger partial charge in [0.15, 0.2) is 0 Å². The molecule has 0 aromatic heterocycles. The monoisotopic (exact) mass is 288 g/mol. The van der Waals surface area contributed by atoms with Gasteiger partial charge in [-0.1, -0.05) is 24.3 Å². The van der Waals surface area contributed by atoms with Crippen molar-refractivity contribution in [2.45, 2.75) is 51.2 Å². The van der Waals surface area contributed by atoms with E-state index in [1.165, 1.54) is 0 Å². The highest BCUT2D eigenvalue weighted by atomic mass is 16.7. The zero-order chi connectivity index (χ0) is 15.4. The van der Waals surface area contributed by atoms with Gasteiger partial charge in [0.05, 0.1) is 17.1 Å². The van der Waals surface area contributed by atoms with Crippen LogP contribution in [0.3, 0.4) is 0 Å². The number of carboxylic acids is 1. The Morgan fingerprint density at radius 3 is 2.10 bits per heavy atom. The fourth-order valence-corrected chi connectivity index (χ4v) is 2.72. The van der Waals surface area contributed by atoms with Gasteiger partial charge in [-0.15, -0.1) is 0 Å². The highest BCUT2D eigenvalue weighted by molar-refractivity contribution is 6.62. The van der Waals surface area contributed by atoms with Crippen molar-refractivity contribution in [2.24, 2.45) is 5.92 Å². The predicted octanol–water partition coefficient (Wildman–Crippen LogP) is 2.17. The standard InChI is InChI=1S/C16H21BO4/c1-15(2)16(3,4)21-17(20-15)11-7-5-10(6-8-11)12-9-13(12)14(18)19/h5-8,12-13H,9H2,1-4H3,(H,18,19). The fourth-order valence-electron chi connectivity index (χ4n) is 2.72. The van der Waals surface area contributed by atoms with Crippen LogP contribution in [0.15, 0.2) is 24.3 Å². The largest absolute Gasteiger partial charge is 0.494 e. The zero-order valence-corrected chi connectivity index (χ0v) is 12.9. The summed E-state index contributed by atoms with van der Waals surface area (Å²) >= 11 is 0. The van der Waals surface area contributed by atoms with Gasteiger partial charge in [0, 0.05) is 0 Å². The summed E-state index contributed by atoms with van der Waals surface area (Å²) in [5, 5.41) is 8.99. The Bertz CT molecular complexity index is 548. The Balaban J connectivity index is 1.73. The average molecular weight is 288 g/mol. The van der Waals surface area contributed by atoms with Crippen LogP contribution in [-0.2, 0) is 14.1 Å². The van der Waals surface area contributed by atoms with Crippen LogP contribution < -0.4 is 5.46 Å². The molecule has 112 valence electrons. The smallest absolute Gasteiger partial charge is 0.481 e. The van der Waals surface area contributed by atoms with Gasteiger partial charge in [-0.3, -0.25) is 4.79 Å². The first-order valence-corrected chi connectivity index (χ1v) is 7.39. The van der Waals surface area contributed by atoms with E-state index in [1.807, 2.05) is 52.0 Å². The van der Waals surface area contributed by atoms with Crippen LogP contribution in [0.25, 0.3) is 0 Å². The summed E-state index contributed by atoms with van der Waals surface area (Å²) < 4.78 is 12.0. The van der Waals surface area contributed by atoms with E-state index in [0.717, 1.165) is 17.4 Å². The Morgan fingerprint density at radius 1 is 1.14 bits per heavy atom. The molecule has 1 aliphatic heterocycles. The molecule has 1 heterocycles. The molecular formula is C16H21BO4. The van der Waals surface area contributed by atoms with Crippen LogP contribution in [0.4, 0.5) is 0 Å². The lowest BCUT2D eigenvalue weighted by Gasteiger charge is -2.32. The molecule has 1 aromatic carbocycles. The number of carbonyl (C=O) groups is 1. The minimum atomic E-state index is -0.699. The highest BCUT2D eigenvalue weighted by Gasteiger charge is 2.51. The molecule has 0 spiro atoms. The van der Waals surface area contributed by atoms with Crippen LogP contribution in [0.5, 0.6) is 0 Å². The molecule has 1 saturated carbocycles. The highest BCUT2D eigenvalue weighted by Crippen LogP contribution is 2.47. The molecule has 1 N–H and O–H groups in total. The number of aliphatic carboxylic acids is 1. The second-order valence-corrected chi connectivity index (χ2v) is 7.04. The van der Waals surface area contributed by atoms with Crippen LogP contribution in [0, 0.1) is 5.92 Å². The SMILES string of the molecule is CC1(C)OB(c2ccc(C3CC3C(=O)O)cc2)OC1(C)C. The molecule has 2 fully saturated rings. The van der Waals surface area contributed by atoms with Crippen molar-refractivity contribution in [3.63, 3.8) is 0 Å². The van der Waals surface area contributed by atoms with Crippen LogP contribution in [0.2, 0.25) is 0 Å². The summed E-state index contributed by atoms with van der Waals surface area (Å²) in [6.07, 6.45) is 0.741. The van der Waals surface area contributed by atoms with Gasteiger partial charge in [0.2, 0.25) is 0 Å². The number of hydrogen-bond donors (Lipinski definition) is 1. The molecule has 5 heteroatoms. The summed E-state index contributed by atoms with van der Waals surface area (Å²) in [5.41, 5.74) is 1.37. The summed E-state index contributed by atoms with van der Waals surface area (Å²) in [4.78, 5) is 10.9. The molecule has 2 atom stereocenters. The average Bonchev–Trinajstić information content (AvgIpc) is 3.14. The molecular weight excluding hydrogens is 267 g/mol. The fraction of sp³-hybridized carbons (Fsp3) is 0.562. The van der Waals surface area contributed by atoms with Gasteiger partial charge in [-0.2, -0.15) is 0 Å². The van der Waals surface area contributed by atoms with Crippen molar-refractivity contribution in [1.29, 1.82) is 0 Å². The van der Waals surface area contributed by atoms with E-state index >= 15 is 0 Å². The van der Waals surface area contributed by atoms with Crippen molar-refractivity contribution in [2.75, 3.05) is 0 Å². The lowest BCUT2D eigenvalue weighted by atomic mass is 9.78. The van der Waals surface area contributed by atoms with Crippen molar-refractivity contribution in [3.05, 3.63) is 29.8 Å². The molecule has 1 saturated heterocycles. The third kappa shape index (κ3) is 2.49. The first kappa shape index (κ1) is 14.6. The quantitative estimate of drug-likeness (QED) is 0.866. The Hall–Kier alpha value is -1.33. The topological polar surface area (TPSA) is 55.8 Å². The minimum Gasteiger partial charge on any atom is -0.481 e. The maximum atomic E-state index is 10.9. The number of carboxylic acid groups (broad SMARTS) is 1. The van der Waals surface area contributed by atoms with Gasteiger partial charge < -0.3 is 14.4 Å². The summed E-state index contributed by atoms with van der Waals surface area (Å²) in [5.74, 6) is -0.752. The molecule has 21 heavy (non-hydrogen) atoms. The summed E-state index contributed by atoms with van der Waals surface area (Å²) in [6, 6.07) is 7.95. The minimum absolute atomic E-state index is 0.162. The predicted molar refractivity (Wildman–Crippen MR) is 80.6 cm³/mol. The Labute approximate surface area is 125 Å². The second kappa shape index (κ2) is 4.58. The normalized spacial score (nSPS) is 29.4. The lowest BCUT2D eigenvalue weighted by Crippen LogP contribution is -2.41. The number of rotatable bonds is 3. The van der Waals surface area contributed by atoms with Crippen molar-refractivity contribution >= 4 is 18.6 Å². The molecule has 2 aliphatic rings. The van der Waals surface area contributed by atoms with E-state index in [2.05, 4.69) is 0 Å². The Kier molecular flexibility index (Phi) is 3.19. The molecule has 3 rings (SSSR count). The van der Waals surface area contributed by atoms with E-state index in [1.54, 1.807) is 0 Å². The Morgan fingerprint density at radius 2 is 1.67 bits per heavy atom. The molecule has 1 aliphatic carbocycles. The first-order valence-electron chi connectivity index (χ1n) is 7.39. The molecule has 1 aromatic rings. The van der Waals surface area contributed by atoms with E-state index in [9.17, 15) is 4.79 Å². The number of benzene rings is 1. The molecule has 0 radical (unpaired) electrons. The maximum Gasteiger partial charge on any atom is 0.494 e. The molecule has 2 unspecified atom stereocenters. The van der Waals surface area contributed by atoms with E-state index in [0.29, 0.717) is 0 Å². The van der Waals surface area contributed by atoms with Gasteiger partial charge in [0.25, 0.3) is 0 Å². The van der Waals surface area contributed by atoms with Crippen LogP contribution in [0.1, 0.15) is 45.6 Å². The number of hydrogen-bond acceptors (Lipinski definition) is 3.